The Balaban J connectivity index is 3.00. The first-order chi connectivity index (χ1) is 8.12. The number of aryl methyl sites for hydroxylation is 1. The summed E-state index contributed by atoms with van der Waals surface area (Å²) in [7, 11) is 1.51. The average Bonchev–Trinajstić information content (AvgIpc) is 2.31. The number of benzene rings is 1. The monoisotopic (exact) mass is 236 g/mol. The molecule has 1 aromatic carbocycles. The van der Waals surface area contributed by atoms with Crippen LogP contribution in [-0.2, 0) is 16.0 Å². The van der Waals surface area contributed by atoms with Gasteiger partial charge in [-0.15, -0.1) is 0 Å². The molecule has 0 aliphatic rings. The Bertz CT molecular complexity index is 424. The van der Waals surface area contributed by atoms with E-state index in [4.69, 9.17) is 9.47 Å². The molecule has 1 aromatic rings. The van der Waals surface area contributed by atoms with Crippen LogP contribution in [0.25, 0.3) is 0 Å². The summed E-state index contributed by atoms with van der Waals surface area (Å²) in [6, 6.07) is 3.41. The van der Waals surface area contributed by atoms with Crippen molar-refractivity contribution >= 4 is 12.3 Å². The number of hydrogen-bond donors (Lipinski definition) is 0. The highest BCUT2D eigenvalue weighted by Crippen LogP contribution is 2.22. The number of methoxy groups -OCH3 is 1. The molecule has 0 saturated heterocycles. The lowest BCUT2D eigenvalue weighted by Crippen LogP contribution is -2.09. The number of aldehydes is 1. The Morgan fingerprint density at radius 2 is 2.12 bits per heavy atom. The minimum Gasteiger partial charge on any atom is -0.496 e. The summed E-state index contributed by atoms with van der Waals surface area (Å²) in [4.78, 5) is 22.2. The van der Waals surface area contributed by atoms with E-state index in [9.17, 15) is 9.59 Å². The molecule has 17 heavy (non-hydrogen) atoms. The summed E-state index contributed by atoms with van der Waals surface area (Å²) in [6.07, 6.45) is 0.886. The number of hydrogen-bond acceptors (Lipinski definition) is 4. The number of carbonyl (C=O) groups is 2. The van der Waals surface area contributed by atoms with Crippen molar-refractivity contribution in [1.29, 1.82) is 0 Å². The molecular weight excluding hydrogens is 220 g/mol. The van der Waals surface area contributed by atoms with E-state index in [2.05, 4.69) is 0 Å². The molecule has 0 N–H and O–H groups in total. The largest absolute Gasteiger partial charge is 0.496 e. The van der Waals surface area contributed by atoms with Crippen molar-refractivity contribution in [2.75, 3.05) is 13.7 Å². The van der Waals surface area contributed by atoms with Gasteiger partial charge in [0.2, 0.25) is 0 Å². The molecule has 4 heteroatoms. The molecule has 0 unspecified atom stereocenters. The van der Waals surface area contributed by atoms with Crippen LogP contribution in [0.2, 0.25) is 0 Å². The zero-order valence-corrected chi connectivity index (χ0v) is 10.3. The quantitative estimate of drug-likeness (QED) is 0.579. The van der Waals surface area contributed by atoms with Gasteiger partial charge in [0.15, 0.2) is 6.29 Å². The van der Waals surface area contributed by atoms with E-state index >= 15 is 0 Å². The van der Waals surface area contributed by atoms with Crippen molar-refractivity contribution in [2.24, 2.45) is 0 Å². The van der Waals surface area contributed by atoms with E-state index in [-0.39, 0.29) is 12.4 Å². The van der Waals surface area contributed by atoms with Gasteiger partial charge >= 0.3 is 5.97 Å². The molecule has 0 radical (unpaired) electrons. The standard InChI is InChI=1S/C13H16O4/c1-4-17-13(15)7-10-6-11(8-14)12(16-3)5-9(10)2/h5-6,8H,4,7H2,1-3H3. The summed E-state index contributed by atoms with van der Waals surface area (Å²) in [6.45, 7) is 3.98. The molecule has 0 aliphatic carbocycles. The van der Waals surface area contributed by atoms with Gasteiger partial charge in [-0.25, -0.2) is 0 Å². The molecular formula is C13H16O4. The Morgan fingerprint density at radius 3 is 2.65 bits per heavy atom. The van der Waals surface area contributed by atoms with Crippen molar-refractivity contribution in [3.05, 3.63) is 28.8 Å². The summed E-state index contributed by atoms with van der Waals surface area (Å²) in [5, 5.41) is 0. The van der Waals surface area contributed by atoms with Gasteiger partial charge in [-0.2, -0.15) is 0 Å². The Morgan fingerprint density at radius 1 is 1.41 bits per heavy atom. The molecule has 0 amide bonds. The van der Waals surface area contributed by atoms with Gasteiger partial charge in [-0.05, 0) is 37.1 Å². The SMILES string of the molecule is CCOC(=O)Cc1cc(C=O)c(OC)cc1C. The lowest BCUT2D eigenvalue weighted by molar-refractivity contribution is -0.142. The zero-order chi connectivity index (χ0) is 12.8. The molecule has 0 atom stereocenters. The lowest BCUT2D eigenvalue weighted by atomic mass is 10.0. The first kappa shape index (κ1) is 13.2. The number of esters is 1. The minimum absolute atomic E-state index is 0.171. The first-order valence-electron chi connectivity index (χ1n) is 5.40. The predicted octanol–water partition coefficient (Wildman–Crippen LogP) is 1.92. The van der Waals surface area contributed by atoms with Gasteiger partial charge in [0.1, 0.15) is 5.75 Å². The van der Waals surface area contributed by atoms with Crippen LogP contribution in [0.1, 0.15) is 28.4 Å². The van der Waals surface area contributed by atoms with Crippen LogP contribution >= 0.6 is 0 Å². The van der Waals surface area contributed by atoms with Crippen molar-refractivity contribution in [3.8, 4) is 5.75 Å². The van der Waals surface area contributed by atoms with E-state index in [1.54, 1.807) is 19.1 Å². The third kappa shape index (κ3) is 3.31. The molecule has 0 aliphatic heterocycles. The van der Waals surface area contributed by atoms with Gasteiger partial charge < -0.3 is 9.47 Å². The summed E-state index contributed by atoms with van der Waals surface area (Å²) < 4.78 is 9.95. The predicted molar refractivity (Wildman–Crippen MR) is 63.5 cm³/mol. The second-order valence-electron chi connectivity index (χ2n) is 3.62. The van der Waals surface area contributed by atoms with Crippen LogP contribution in [-0.4, -0.2) is 26.0 Å². The molecule has 0 fully saturated rings. The van der Waals surface area contributed by atoms with Gasteiger partial charge in [0.25, 0.3) is 0 Å². The fourth-order valence-corrected chi connectivity index (χ4v) is 1.57. The fourth-order valence-electron chi connectivity index (χ4n) is 1.57. The molecule has 0 saturated carbocycles. The summed E-state index contributed by atoms with van der Waals surface area (Å²) >= 11 is 0. The van der Waals surface area contributed by atoms with E-state index in [1.807, 2.05) is 6.92 Å². The Kier molecular flexibility index (Phi) is 4.69. The van der Waals surface area contributed by atoms with E-state index in [0.29, 0.717) is 24.2 Å². The van der Waals surface area contributed by atoms with Crippen LogP contribution in [0.15, 0.2) is 12.1 Å². The van der Waals surface area contributed by atoms with E-state index in [1.165, 1.54) is 7.11 Å². The molecule has 1 rings (SSSR count). The van der Waals surface area contributed by atoms with Crippen molar-refractivity contribution in [3.63, 3.8) is 0 Å². The fraction of sp³-hybridized carbons (Fsp3) is 0.385. The third-order valence-corrected chi connectivity index (χ3v) is 2.46. The Labute approximate surface area is 101 Å². The summed E-state index contributed by atoms with van der Waals surface area (Å²) in [5.41, 5.74) is 2.13. The maximum absolute atomic E-state index is 11.4. The molecule has 0 spiro atoms. The highest BCUT2D eigenvalue weighted by molar-refractivity contribution is 5.81. The molecule has 0 bridgehead atoms. The second kappa shape index (κ2) is 6.03. The van der Waals surface area contributed by atoms with Crippen molar-refractivity contribution in [1.82, 2.24) is 0 Å². The molecule has 0 aromatic heterocycles. The number of carbonyl (C=O) groups excluding carboxylic acids is 2. The minimum atomic E-state index is -0.294. The number of ether oxygens (including phenoxy) is 2. The van der Waals surface area contributed by atoms with Crippen LogP contribution in [0.3, 0.4) is 0 Å². The highest BCUT2D eigenvalue weighted by atomic mass is 16.5. The molecule has 4 nitrogen and oxygen atoms in total. The zero-order valence-electron chi connectivity index (χ0n) is 10.3. The van der Waals surface area contributed by atoms with Crippen LogP contribution in [0, 0.1) is 6.92 Å². The maximum atomic E-state index is 11.4. The Hall–Kier alpha value is -1.84. The van der Waals surface area contributed by atoms with E-state index in [0.717, 1.165) is 11.1 Å². The van der Waals surface area contributed by atoms with Gasteiger partial charge in [0, 0.05) is 0 Å². The summed E-state index contributed by atoms with van der Waals surface area (Å²) in [5.74, 6) is 0.225. The van der Waals surface area contributed by atoms with E-state index < -0.39 is 0 Å². The van der Waals surface area contributed by atoms with Crippen molar-refractivity contribution in [2.45, 2.75) is 20.3 Å². The average molecular weight is 236 g/mol. The maximum Gasteiger partial charge on any atom is 0.310 e. The van der Waals surface area contributed by atoms with Crippen LogP contribution in [0.4, 0.5) is 0 Å². The number of rotatable bonds is 5. The van der Waals surface area contributed by atoms with Crippen LogP contribution < -0.4 is 4.74 Å². The van der Waals surface area contributed by atoms with Gasteiger partial charge in [-0.1, -0.05) is 0 Å². The topological polar surface area (TPSA) is 52.6 Å². The lowest BCUT2D eigenvalue weighted by Gasteiger charge is -2.10. The second-order valence-corrected chi connectivity index (χ2v) is 3.62. The van der Waals surface area contributed by atoms with Crippen LogP contribution in [0.5, 0.6) is 5.75 Å². The third-order valence-electron chi connectivity index (χ3n) is 2.46. The smallest absolute Gasteiger partial charge is 0.310 e. The van der Waals surface area contributed by atoms with Gasteiger partial charge in [0.05, 0.1) is 25.7 Å². The normalized spacial score (nSPS) is 9.82. The molecule has 0 heterocycles. The van der Waals surface area contributed by atoms with Gasteiger partial charge in [-0.3, -0.25) is 9.59 Å². The highest BCUT2D eigenvalue weighted by Gasteiger charge is 2.11. The first-order valence-corrected chi connectivity index (χ1v) is 5.40. The van der Waals surface area contributed by atoms with Crippen molar-refractivity contribution < 1.29 is 19.1 Å². The molecule has 92 valence electrons.